The molecule has 0 aliphatic heterocycles. The number of nitrogens with two attached hydrogens (primary N) is 1. The van der Waals surface area contributed by atoms with E-state index >= 15 is 0 Å². The first kappa shape index (κ1) is 13.9. The summed E-state index contributed by atoms with van der Waals surface area (Å²) in [7, 11) is 0. The first-order valence-corrected chi connectivity index (χ1v) is 6.27. The number of aryl methyl sites for hydroxylation is 2. The number of aromatic nitrogens is 1. The average molecular weight is 271 g/mol. The summed E-state index contributed by atoms with van der Waals surface area (Å²) in [6.07, 6.45) is 0. The number of anilines is 2. The fourth-order valence-electron chi connectivity index (χ4n) is 1.75. The van der Waals surface area contributed by atoms with E-state index in [0.717, 1.165) is 16.9 Å². The summed E-state index contributed by atoms with van der Waals surface area (Å²) in [4.78, 5) is 15.8. The van der Waals surface area contributed by atoms with Crippen LogP contribution in [0.5, 0.6) is 5.75 Å². The van der Waals surface area contributed by atoms with Crippen LogP contribution in [0.4, 0.5) is 11.5 Å². The largest absolute Gasteiger partial charge is 0.480 e. The number of nitrogens with zero attached hydrogens (tertiary/aromatic N) is 1. The molecule has 0 spiro atoms. The highest BCUT2D eigenvalue weighted by atomic mass is 16.5. The third-order valence-corrected chi connectivity index (χ3v) is 2.69. The lowest BCUT2D eigenvalue weighted by Gasteiger charge is -2.09. The lowest BCUT2D eigenvalue weighted by molar-refractivity contribution is -0.118. The van der Waals surface area contributed by atoms with Gasteiger partial charge >= 0.3 is 0 Å². The number of nitrogen functional groups attached to an aromatic ring is 1. The van der Waals surface area contributed by atoms with E-state index in [1.165, 1.54) is 0 Å². The fraction of sp³-hybridized carbons (Fsp3) is 0.200. The van der Waals surface area contributed by atoms with Gasteiger partial charge in [0.2, 0.25) is 0 Å². The quantitative estimate of drug-likeness (QED) is 0.894. The standard InChI is InChI=1S/C15H17N3O2/c1-10-4-3-5-12(8-10)18-14(19)9-20-13-7-6-11(2)17-15(13)16/h3-8H,9H2,1-2H3,(H2,16,17)(H,18,19). The molecule has 104 valence electrons. The van der Waals surface area contributed by atoms with Crippen molar-refractivity contribution in [2.45, 2.75) is 13.8 Å². The number of carbonyl (C=O) groups is 1. The molecule has 0 fully saturated rings. The maximum atomic E-state index is 11.8. The van der Waals surface area contributed by atoms with Crippen LogP contribution >= 0.6 is 0 Å². The van der Waals surface area contributed by atoms with Gasteiger partial charge in [0.25, 0.3) is 5.91 Å². The van der Waals surface area contributed by atoms with E-state index in [9.17, 15) is 4.79 Å². The molecule has 5 heteroatoms. The number of rotatable bonds is 4. The predicted molar refractivity (Wildman–Crippen MR) is 78.7 cm³/mol. The number of pyridine rings is 1. The third kappa shape index (κ3) is 3.71. The Labute approximate surface area is 117 Å². The number of carbonyl (C=O) groups excluding carboxylic acids is 1. The van der Waals surface area contributed by atoms with E-state index in [4.69, 9.17) is 10.5 Å². The maximum Gasteiger partial charge on any atom is 0.262 e. The first-order valence-electron chi connectivity index (χ1n) is 6.27. The molecule has 0 aliphatic carbocycles. The SMILES string of the molecule is Cc1cccc(NC(=O)COc2ccc(C)nc2N)c1. The smallest absolute Gasteiger partial charge is 0.262 e. The van der Waals surface area contributed by atoms with Crippen molar-refractivity contribution in [3.05, 3.63) is 47.7 Å². The minimum atomic E-state index is -0.240. The zero-order chi connectivity index (χ0) is 14.5. The van der Waals surface area contributed by atoms with Crippen molar-refractivity contribution in [3.8, 4) is 5.75 Å². The molecule has 0 atom stereocenters. The van der Waals surface area contributed by atoms with Gasteiger partial charge in [-0.3, -0.25) is 4.79 Å². The normalized spacial score (nSPS) is 10.1. The number of amides is 1. The number of ether oxygens (including phenoxy) is 1. The summed E-state index contributed by atoms with van der Waals surface area (Å²) >= 11 is 0. The Morgan fingerprint density at radius 1 is 1.30 bits per heavy atom. The number of nitrogens with one attached hydrogen (secondary N) is 1. The summed E-state index contributed by atoms with van der Waals surface area (Å²) in [6.45, 7) is 3.69. The first-order chi connectivity index (χ1) is 9.54. The van der Waals surface area contributed by atoms with E-state index in [1.807, 2.05) is 38.1 Å². The Balaban J connectivity index is 1.92. The van der Waals surface area contributed by atoms with Gasteiger partial charge in [-0.05, 0) is 43.7 Å². The lowest BCUT2D eigenvalue weighted by atomic mass is 10.2. The van der Waals surface area contributed by atoms with Crippen molar-refractivity contribution in [3.63, 3.8) is 0 Å². The molecule has 0 aliphatic rings. The minimum absolute atomic E-state index is 0.108. The van der Waals surface area contributed by atoms with Crippen LogP contribution in [0.1, 0.15) is 11.3 Å². The topological polar surface area (TPSA) is 77.2 Å². The highest BCUT2D eigenvalue weighted by molar-refractivity contribution is 5.92. The Bertz CT molecular complexity index is 626. The molecule has 1 aromatic heterocycles. The van der Waals surface area contributed by atoms with Gasteiger partial charge in [-0.2, -0.15) is 0 Å². The monoisotopic (exact) mass is 271 g/mol. The van der Waals surface area contributed by atoms with Gasteiger partial charge in [0, 0.05) is 11.4 Å². The second-order valence-electron chi connectivity index (χ2n) is 4.54. The summed E-state index contributed by atoms with van der Waals surface area (Å²) in [5.41, 5.74) is 8.34. The van der Waals surface area contributed by atoms with Crippen LogP contribution in [0, 0.1) is 13.8 Å². The van der Waals surface area contributed by atoms with E-state index in [1.54, 1.807) is 12.1 Å². The second-order valence-corrected chi connectivity index (χ2v) is 4.54. The van der Waals surface area contributed by atoms with Crippen LogP contribution in [0.3, 0.4) is 0 Å². The molecular weight excluding hydrogens is 254 g/mol. The molecule has 0 saturated carbocycles. The minimum Gasteiger partial charge on any atom is -0.480 e. The van der Waals surface area contributed by atoms with E-state index in [0.29, 0.717) is 5.75 Å². The highest BCUT2D eigenvalue weighted by Gasteiger charge is 2.07. The van der Waals surface area contributed by atoms with Crippen LogP contribution in [0.25, 0.3) is 0 Å². The third-order valence-electron chi connectivity index (χ3n) is 2.69. The Hall–Kier alpha value is -2.56. The Kier molecular flexibility index (Phi) is 4.20. The van der Waals surface area contributed by atoms with Gasteiger partial charge in [0.1, 0.15) is 0 Å². The van der Waals surface area contributed by atoms with Crippen molar-refractivity contribution in [1.82, 2.24) is 4.98 Å². The molecule has 1 heterocycles. The molecule has 20 heavy (non-hydrogen) atoms. The molecule has 1 amide bonds. The molecule has 5 nitrogen and oxygen atoms in total. The number of hydrogen-bond acceptors (Lipinski definition) is 4. The maximum absolute atomic E-state index is 11.8. The molecule has 0 saturated heterocycles. The summed E-state index contributed by atoms with van der Waals surface area (Å²) in [6, 6.07) is 11.0. The molecule has 0 bridgehead atoms. The molecule has 2 rings (SSSR count). The second kappa shape index (κ2) is 6.06. The van der Waals surface area contributed by atoms with Crippen LogP contribution in [-0.4, -0.2) is 17.5 Å². The van der Waals surface area contributed by atoms with Crippen LogP contribution in [-0.2, 0) is 4.79 Å². The van der Waals surface area contributed by atoms with Crippen LogP contribution in [0.2, 0.25) is 0 Å². The predicted octanol–water partition coefficient (Wildman–Crippen LogP) is 2.30. The van der Waals surface area contributed by atoms with E-state index in [2.05, 4.69) is 10.3 Å². The zero-order valence-electron chi connectivity index (χ0n) is 11.5. The summed E-state index contributed by atoms with van der Waals surface area (Å²) in [5.74, 6) is 0.457. The van der Waals surface area contributed by atoms with Crippen molar-refractivity contribution in [2.75, 3.05) is 17.7 Å². The molecular formula is C15H17N3O2. The van der Waals surface area contributed by atoms with Crippen molar-refractivity contribution in [2.24, 2.45) is 0 Å². The van der Waals surface area contributed by atoms with Gasteiger partial charge in [-0.15, -0.1) is 0 Å². The van der Waals surface area contributed by atoms with Gasteiger partial charge in [-0.1, -0.05) is 12.1 Å². The van der Waals surface area contributed by atoms with Gasteiger partial charge in [0.15, 0.2) is 18.2 Å². The molecule has 0 unspecified atom stereocenters. The molecule has 2 aromatic rings. The summed E-state index contributed by atoms with van der Waals surface area (Å²) < 4.78 is 5.36. The van der Waals surface area contributed by atoms with Crippen LogP contribution in [0.15, 0.2) is 36.4 Å². The number of hydrogen-bond donors (Lipinski definition) is 2. The zero-order valence-corrected chi connectivity index (χ0v) is 11.5. The van der Waals surface area contributed by atoms with Gasteiger partial charge in [-0.25, -0.2) is 4.98 Å². The van der Waals surface area contributed by atoms with Gasteiger partial charge < -0.3 is 15.8 Å². The van der Waals surface area contributed by atoms with Gasteiger partial charge in [0.05, 0.1) is 0 Å². The Morgan fingerprint density at radius 2 is 2.10 bits per heavy atom. The highest BCUT2D eigenvalue weighted by Crippen LogP contribution is 2.18. The van der Waals surface area contributed by atoms with Crippen molar-refractivity contribution in [1.29, 1.82) is 0 Å². The molecule has 3 N–H and O–H groups in total. The summed E-state index contributed by atoms with van der Waals surface area (Å²) in [5, 5.41) is 2.76. The van der Waals surface area contributed by atoms with E-state index < -0.39 is 0 Å². The van der Waals surface area contributed by atoms with E-state index in [-0.39, 0.29) is 18.3 Å². The fourth-order valence-corrected chi connectivity index (χ4v) is 1.75. The van der Waals surface area contributed by atoms with Crippen molar-refractivity contribution >= 4 is 17.4 Å². The molecule has 1 aromatic carbocycles. The number of benzene rings is 1. The lowest BCUT2D eigenvalue weighted by Crippen LogP contribution is -2.20. The van der Waals surface area contributed by atoms with Crippen LogP contribution < -0.4 is 15.8 Å². The average Bonchev–Trinajstić information content (AvgIpc) is 2.37. The Morgan fingerprint density at radius 3 is 2.80 bits per heavy atom. The molecule has 0 radical (unpaired) electrons. The van der Waals surface area contributed by atoms with Crippen molar-refractivity contribution < 1.29 is 9.53 Å².